The topological polar surface area (TPSA) is 84.7 Å². The third-order valence-corrected chi connectivity index (χ3v) is 4.30. The van der Waals surface area contributed by atoms with Crippen molar-refractivity contribution in [3.05, 3.63) is 64.2 Å². The highest BCUT2D eigenvalue weighted by molar-refractivity contribution is 6.18. The molecule has 7 nitrogen and oxygen atoms in total. The molecule has 0 atom stereocenters. The van der Waals surface area contributed by atoms with E-state index in [1.165, 1.54) is 12.1 Å². The van der Waals surface area contributed by atoms with E-state index < -0.39 is 11.0 Å². The molecule has 0 bridgehead atoms. The van der Waals surface area contributed by atoms with Crippen molar-refractivity contribution in [1.29, 1.82) is 0 Å². The first-order valence-electron chi connectivity index (χ1n) is 8.67. The van der Waals surface area contributed by atoms with Crippen LogP contribution in [0.25, 0.3) is 0 Å². The molecule has 0 heterocycles. The molecule has 0 aliphatic carbocycles. The van der Waals surface area contributed by atoms with Gasteiger partial charge in [-0.2, -0.15) is 0 Å². The van der Waals surface area contributed by atoms with E-state index >= 15 is 0 Å². The number of non-ortho nitro benzene ring substituents is 1. The highest BCUT2D eigenvalue weighted by atomic mass is 35.5. The SMILES string of the molecule is O=C(Nc1ccc(N(CCCl)CCCl)cc1)OCCc1ccc([N+](=O)[O-])cc1. The van der Waals surface area contributed by atoms with Gasteiger partial charge in [0.25, 0.3) is 5.69 Å². The number of halogens is 2. The number of nitrogens with one attached hydrogen (secondary N) is 1. The maximum absolute atomic E-state index is 11.9. The second-order valence-corrected chi connectivity index (χ2v) is 6.60. The van der Waals surface area contributed by atoms with Crippen molar-refractivity contribution in [1.82, 2.24) is 0 Å². The molecule has 0 aliphatic heterocycles. The summed E-state index contributed by atoms with van der Waals surface area (Å²) in [6.45, 7) is 1.54. The Morgan fingerprint density at radius 2 is 1.64 bits per heavy atom. The van der Waals surface area contributed by atoms with Gasteiger partial charge in [-0.1, -0.05) is 12.1 Å². The monoisotopic (exact) mass is 425 g/mol. The molecule has 2 rings (SSSR count). The number of rotatable bonds is 10. The Bertz CT molecular complexity index is 764. The number of alkyl halides is 2. The fraction of sp³-hybridized carbons (Fsp3) is 0.316. The van der Waals surface area contributed by atoms with Crippen LogP contribution >= 0.6 is 23.2 Å². The van der Waals surface area contributed by atoms with Crippen LogP contribution in [0.3, 0.4) is 0 Å². The van der Waals surface area contributed by atoms with E-state index in [0.29, 0.717) is 37.0 Å². The maximum atomic E-state index is 11.9. The number of nitrogens with zero attached hydrogens (tertiary/aromatic N) is 2. The molecule has 1 amide bonds. The Labute approximate surface area is 173 Å². The zero-order valence-corrected chi connectivity index (χ0v) is 16.7. The lowest BCUT2D eigenvalue weighted by Crippen LogP contribution is -2.27. The van der Waals surface area contributed by atoms with E-state index in [2.05, 4.69) is 10.2 Å². The smallest absolute Gasteiger partial charge is 0.411 e. The summed E-state index contributed by atoms with van der Waals surface area (Å²) in [5, 5.41) is 13.3. The predicted molar refractivity (Wildman–Crippen MR) is 112 cm³/mol. The van der Waals surface area contributed by atoms with Crippen molar-refractivity contribution in [2.24, 2.45) is 0 Å². The van der Waals surface area contributed by atoms with Gasteiger partial charge in [-0.15, -0.1) is 23.2 Å². The minimum Gasteiger partial charge on any atom is -0.449 e. The number of ether oxygens (including phenoxy) is 1. The zero-order chi connectivity index (χ0) is 20.4. The highest BCUT2D eigenvalue weighted by Crippen LogP contribution is 2.18. The molecule has 0 saturated heterocycles. The third-order valence-electron chi connectivity index (χ3n) is 3.96. The lowest BCUT2D eigenvalue weighted by molar-refractivity contribution is -0.384. The zero-order valence-electron chi connectivity index (χ0n) is 15.1. The van der Waals surface area contributed by atoms with Gasteiger partial charge in [-0.25, -0.2) is 4.79 Å². The Morgan fingerprint density at radius 3 is 2.18 bits per heavy atom. The number of carbonyl (C=O) groups excluding carboxylic acids is 1. The van der Waals surface area contributed by atoms with Gasteiger partial charge < -0.3 is 9.64 Å². The standard InChI is InChI=1S/C19H21Cl2N3O4/c20-10-12-23(13-11-21)17-7-3-16(4-8-17)22-19(25)28-14-9-15-1-5-18(6-2-15)24(26)27/h1-8H,9-14H2,(H,22,25). The largest absolute Gasteiger partial charge is 0.449 e. The molecule has 9 heteroatoms. The average molecular weight is 426 g/mol. The summed E-state index contributed by atoms with van der Waals surface area (Å²) in [5.74, 6) is 0.996. The van der Waals surface area contributed by atoms with Gasteiger partial charge in [0.2, 0.25) is 0 Å². The Kier molecular flexibility index (Phi) is 8.84. The van der Waals surface area contributed by atoms with Crippen LogP contribution in [0.5, 0.6) is 0 Å². The van der Waals surface area contributed by atoms with Gasteiger partial charge in [0.1, 0.15) is 0 Å². The second-order valence-electron chi connectivity index (χ2n) is 5.85. The number of carbonyl (C=O) groups is 1. The van der Waals surface area contributed by atoms with Gasteiger partial charge >= 0.3 is 6.09 Å². The molecule has 150 valence electrons. The number of nitro groups is 1. The normalized spacial score (nSPS) is 10.4. The van der Waals surface area contributed by atoms with E-state index in [-0.39, 0.29) is 12.3 Å². The third kappa shape index (κ3) is 6.90. The summed E-state index contributed by atoms with van der Waals surface area (Å²) >= 11 is 11.6. The summed E-state index contributed by atoms with van der Waals surface area (Å²) in [5.41, 5.74) is 2.46. The second kappa shape index (κ2) is 11.4. The van der Waals surface area contributed by atoms with Crippen LogP contribution in [0.1, 0.15) is 5.56 Å². The van der Waals surface area contributed by atoms with Crippen molar-refractivity contribution >= 4 is 46.4 Å². The molecule has 0 fully saturated rings. The molecule has 0 radical (unpaired) electrons. The van der Waals surface area contributed by atoms with Crippen molar-refractivity contribution in [3.8, 4) is 0 Å². The van der Waals surface area contributed by atoms with Gasteiger partial charge in [-0.3, -0.25) is 15.4 Å². The van der Waals surface area contributed by atoms with Gasteiger partial charge in [0.15, 0.2) is 0 Å². The van der Waals surface area contributed by atoms with E-state index in [0.717, 1.165) is 11.3 Å². The van der Waals surface area contributed by atoms with Crippen LogP contribution in [0, 0.1) is 10.1 Å². The Balaban J connectivity index is 1.80. The molecule has 0 aromatic heterocycles. The number of benzene rings is 2. The van der Waals surface area contributed by atoms with Gasteiger partial charge in [0, 0.05) is 54.8 Å². The van der Waals surface area contributed by atoms with E-state index in [4.69, 9.17) is 27.9 Å². The van der Waals surface area contributed by atoms with Crippen LogP contribution < -0.4 is 10.2 Å². The van der Waals surface area contributed by atoms with Gasteiger partial charge in [0.05, 0.1) is 11.5 Å². The molecule has 2 aromatic carbocycles. The molecule has 28 heavy (non-hydrogen) atoms. The molecule has 1 N–H and O–H groups in total. The quantitative estimate of drug-likeness (QED) is 0.339. The first-order chi connectivity index (χ1) is 13.5. The van der Waals surface area contributed by atoms with E-state index in [9.17, 15) is 14.9 Å². The maximum Gasteiger partial charge on any atom is 0.411 e. The number of nitro benzene ring substituents is 1. The predicted octanol–water partition coefficient (Wildman–Crippen LogP) is 4.67. The van der Waals surface area contributed by atoms with Gasteiger partial charge in [-0.05, 0) is 29.8 Å². The van der Waals surface area contributed by atoms with Crippen LogP contribution in [0.2, 0.25) is 0 Å². The fourth-order valence-corrected chi connectivity index (χ4v) is 2.94. The number of hydrogen-bond donors (Lipinski definition) is 1. The molecule has 0 saturated carbocycles. The van der Waals surface area contributed by atoms with Crippen molar-refractivity contribution in [3.63, 3.8) is 0 Å². The highest BCUT2D eigenvalue weighted by Gasteiger charge is 2.08. The molecule has 0 spiro atoms. The van der Waals surface area contributed by atoms with Crippen LogP contribution in [-0.2, 0) is 11.2 Å². The summed E-state index contributed by atoms with van der Waals surface area (Å²) in [4.78, 5) is 24.1. The fourth-order valence-electron chi connectivity index (χ4n) is 2.53. The average Bonchev–Trinajstić information content (AvgIpc) is 2.69. The van der Waals surface area contributed by atoms with Crippen LogP contribution in [0.15, 0.2) is 48.5 Å². The van der Waals surface area contributed by atoms with Crippen LogP contribution in [0.4, 0.5) is 21.9 Å². The van der Waals surface area contributed by atoms with Crippen molar-refractivity contribution in [2.75, 3.05) is 41.7 Å². The van der Waals surface area contributed by atoms with E-state index in [1.807, 2.05) is 12.1 Å². The van der Waals surface area contributed by atoms with Crippen LogP contribution in [-0.4, -0.2) is 42.5 Å². The van der Waals surface area contributed by atoms with Crippen molar-refractivity contribution < 1.29 is 14.5 Å². The first-order valence-corrected chi connectivity index (χ1v) is 9.74. The molecular weight excluding hydrogens is 405 g/mol. The minimum atomic E-state index is -0.562. The Morgan fingerprint density at radius 1 is 1.04 bits per heavy atom. The lowest BCUT2D eigenvalue weighted by atomic mass is 10.1. The summed E-state index contributed by atoms with van der Waals surface area (Å²) in [6, 6.07) is 13.5. The first kappa shape index (κ1) is 21.8. The summed E-state index contributed by atoms with van der Waals surface area (Å²) < 4.78 is 5.15. The molecular formula is C19H21Cl2N3O4. The molecule has 0 aliphatic rings. The number of amides is 1. The lowest BCUT2D eigenvalue weighted by Gasteiger charge is -2.23. The number of anilines is 2. The summed E-state index contributed by atoms with van der Waals surface area (Å²) in [7, 11) is 0. The minimum absolute atomic E-state index is 0.0292. The van der Waals surface area contributed by atoms with Crippen molar-refractivity contribution in [2.45, 2.75) is 6.42 Å². The van der Waals surface area contributed by atoms with E-state index in [1.54, 1.807) is 24.3 Å². The number of hydrogen-bond acceptors (Lipinski definition) is 5. The molecule has 2 aromatic rings. The molecule has 0 unspecified atom stereocenters. The summed E-state index contributed by atoms with van der Waals surface area (Å²) in [6.07, 6.45) is -0.0936. The Hall–Kier alpha value is -2.51.